The second-order valence-corrected chi connectivity index (χ2v) is 4.23. The smallest absolute Gasteiger partial charge is 0.194 e. The summed E-state index contributed by atoms with van der Waals surface area (Å²) in [4.78, 5) is 12.2. The average molecular weight is 236 g/mol. The monoisotopic (exact) mass is 236 g/mol. The summed E-state index contributed by atoms with van der Waals surface area (Å²) >= 11 is 0. The minimum absolute atomic E-state index is 0.0117. The zero-order valence-electron chi connectivity index (χ0n) is 10.9. The van der Waals surface area contributed by atoms with Gasteiger partial charge in [0.2, 0.25) is 0 Å². The Kier molecular flexibility index (Phi) is 4.70. The highest BCUT2D eigenvalue weighted by molar-refractivity contribution is 6.02. The fourth-order valence-corrected chi connectivity index (χ4v) is 1.64. The third-order valence-corrected chi connectivity index (χ3v) is 2.48. The fraction of sp³-hybridized carbons (Fsp3) is 0.500. The molecule has 0 radical (unpaired) electrons. The van der Waals surface area contributed by atoms with Crippen LogP contribution in [-0.2, 0) is 4.74 Å². The van der Waals surface area contributed by atoms with Crippen molar-refractivity contribution in [3.05, 3.63) is 29.8 Å². The van der Waals surface area contributed by atoms with Crippen LogP contribution in [-0.4, -0.2) is 24.6 Å². The molecule has 0 amide bonds. The highest BCUT2D eigenvalue weighted by Gasteiger charge is 2.28. The van der Waals surface area contributed by atoms with E-state index in [1.165, 1.54) is 0 Å². The van der Waals surface area contributed by atoms with Gasteiger partial charge in [-0.2, -0.15) is 0 Å². The quantitative estimate of drug-likeness (QED) is 0.712. The van der Waals surface area contributed by atoms with Gasteiger partial charge in [-0.05, 0) is 52.0 Å². The molecule has 3 nitrogen and oxygen atoms in total. The first kappa shape index (κ1) is 13.7. The number of carbonyl (C=O) groups excluding carboxylic acids is 1. The first-order chi connectivity index (χ1) is 8.01. The lowest BCUT2D eigenvalue weighted by Crippen LogP contribution is -2.35. The van der Waals surface area contributed by atoms with Crippen molar-refractivity contribution in [3.8, 4) is 5.75 Å². The van der Waals surface area contributed by atoms with E-state index >= 15 is 0 Å². The topological polar surface area (TPSA) is 35.5 Å². The van der Waals surface area contributed by atoms with Crippen molar-refractivity contribution < 1.29 is 14.3 Å². The van der Waals surface area contributed by atoms with Crippen LogP contribution in [0.15, 0.2) is 24.3 Å². The number of Topliss-reactive ketones (excluding diaryl/α,β-unsaturated/α-hetero) is 1. The number of hydrogen-bond acceptors (Lipinski definition) is 3. The van der Waals surface area contributed by atoms with Crippen LogP contribution in [0.25, 0.3) is 0 Å². The van der Waals surface area contributed by atoms with Crippen LogP contribution >= 0.6 is 0 Å². The maximum atomic E-state index is 12.2. The lowest BCUT2D eigenvalue weighted by molar-refractivity contribution is 0.00126. The summed E-state index contributed by atoms with van der Waals surface area (Å²) in [6.07, 6.45) is 0. The summed E-state index contributed by atoms with van der Waals surface area (Å²) in [5.41, 5.74) is -0.131. The van der Waals surface area contributed by atoms with Gasteiger partial charge in [0.05, 0.1) is 6.61 Å². The summed E-state index contributed by atoms with van der Waals surface area (Å²) in [6, 6.07) is 7.15. The maximum absolute atomic E-state index is 12.2. The molecule has 0 spiro atoms. The number of hydrogen-bond donors (Lipinski definition) is 0. The predicted octanol–water partition coefficient (Wildman–Crippen LogP) is 3.08. The molecule has 0 N–H and O–H groups in total. The van der Waals surface area contributed by atoms with Gasteiger partial charge in [0.1, 0.15) is 11.4 Å². The van der Waals surface area contributed by atoms with E-state index in [0.29, 0.717) is 18.8 Å². The van der Waals surface area contributed by atoms with Crippen LogP contribution in [0.3, 0.4) is 0 Å². The SMILES string of the molecule is CCOc1ccc(C(=O)C(C)(C)OCC)cc1. The Hall–Kier alpha value is -1.35. The van der Waals surface area contributed by atoms with Crippen LogP contribution < -0.4 is 4.74 Å². The van der Waals surface area contributed by atoms with E-state index in [2.05, 4.69) is 0 Å². The largest absolute Gasteiger partial charge is 0.494 e. The van der Waals surface area contributed by atoms with E-state index in [9.17, 15) is 4.79 Å². The Morgan fingerprint density at radius 3 is 2.18 bits per heavy atom. The van der Waals surface area contributed by atoms with Crippen LogP contribution in [0, 0.1) is 0 Å². The lowest BCUT2D eigenvalue weighted by atomic mass is 9.96. The molecule has 0 fully saturated rings. The second kappa shape index (κ2) is 5.82. The van der Waals surface area contributed by atoms with Gasteiger partial charge < -0.3 is 9.47 Å². The summed E-state index contributed by atoms with van der Waals surface area (Å²) < 4.78 is 10.8. The van der Waals surface area contributed by atoms with E-state index < -0.39 is 5.60 Å². The molecule has 0 unspecified atom stereocenters. The molecule has 0 aromatic heterocycles. The number of benzene rings is 1. The number of carbonyl (C=O) groups is 1. The Morgan fingerprint density at radius 2 is 1.71 bits per heavy atom. The standard InChI is InChI=1S/C14H20O3/c1-5-16-12-9-7-11(8-10-12)13(15)14(3,4)17-6-2/h7-10H,5-6H2,1-4H3. The first-order valence-corrected chi connectivity index (χ1v) is 5.93. The fourth-order valence-electron chi connectivity index (χ4n) is 1.64. The van der Waals surface area contributed by atoms with Gasteiger partial charge in [0.25, 0.3) is 0 Å². The van der Waals surface area contributed by atoms with Gasteiger partial charge in [-0.3, -0.25) is 4.79 Å². The molecule has 1 aromatic rings. The van der Waals surface area contributed by atoms with Crippen LogP contribution in [0.1, 0.15) is 38.1 Å². The third kappa shape index (κ3) is 3.56. The number of rotatable bonds is 6. The first-order valence-electron chi connectivity index (χ1n) is 5.93. The average Bonchev–Trinajstić information content (AvgIpc) is 2.29. The van der Waals surface area contributed by atoms with Gasteiger partial charge in [-0.1, -0.05) is 0 Å². The Labute approximate surface area is 103 Å². The molecule has 0 heterocycles. The molecule has 0 bridgehead atoms. The molecule has 17 heavy (non-hydrogen) atoms. The lowest BCUT2D eigenvalue weighted by Gasteiger charge is -2.23. The predicted molar refractivity (Wildman–Crippen MR) is 67.6 cm³/mol. The molecule has 0 aliphatic rings. The van der Waals surface area contributed by atoms with E-state index in [1.807, 2.05) is 13.8 Å². The van der Waals surface area contributed by atoms with Crippen LogP contribution in [0.5, 0.6) is 5.75 Å². The molecule has 94 valence electrons. The summed E-state index contributed by atoms with van der Waals surface area (Å²) in [7, 11) is 0. The maximum Gasteiger partial charge on any atom is 0.194 e. The van der Waals surface area contributed by atoms with Crippen molar-refractivity contribution >= 4 is 5.78 Å². The summed E-state index contributed by atoms with van der Waals surface area (Å²) in [6.45, 7) is 8.53. The van der Waals surface area contributed by atoms with E-state index in [-0.39, 0.29) is 5.78 Å². The molecule has 0 aliphatic heterocycles. The molecule has 1 rings (SSSR count). The minimum atomic E-state index is -0.776. The van der Waals surface area contributed by atoms with Gasteiger partial charge in [-0.25, -0.2) is 0 Å². The van der Waals surface area contributed by atoms with Gasteiger partial charge in [0, 0.05) is 12.2 Å². The highest BCUT2D eigenvalue weighted by Crippen LogP contribution is 2.19. The van der Waals surface area contributed by atoms with Gasteiger partial charge in [-0.15, -0.1) is 0 Å². The van der Waals surface area contributed by atoms with E-state index in [4.69, 9.17) is 9.47 Å². The Morgan fingerprint density at radius 1 is 1.12 bits per heavy atom. The number of ether oxygens (including phenoxy) is 2. The van der Waals surface area contributed by atoms with Crippen LogP contribution in [0.4, 0.5) is 0 Å². The molecule has 0 saturated heterocycles. The molecular weight excluding hydrogens is 216 g/mol. The highest BCUT2D eigenvalue weighted by atomic mass is 16.5. The zero-order chi connectivity index (χ0) is 12.9. The summed E-state index contributed by atoms with van der Waals surface area (Å²) in [5, 5.41) is 0. The van der Waals surface area contributed by atoms with Crippen molar-refractivity contribution in [1.82, 2.24) is 0 Å². The Balaban J connectivity index is 2.82. The summed E-state index contributed by atoms with van der Waals surface area (Å²) in [5.74, 6) is 0.765. The van der Waals surface area contributed by atoms with Crippen molar-refractivity contribution in [3.63, 3.8) is 0 Å². The van der Waals surface area contributed by atoms with Crippen molar-refractivity contribution in [2.45, 2.75) is 33.3 Å². The van der Waals surface area contributed by atoms with Crippen LogP contribution in [0.2, 0.25) is 0 Å². The number of ketones is 1. The third-order valence-electron chi connectivity index (χ3n) is 2.48. The molecule has 3 heteroatoms. The molecule has 0 atom stereocenters. The zero-order valence-corrected chi connectivity index (χ0v) is 10.9. The van der Waals surface area contributed by atoms with Crippen molar-refractivity contribution in [1.29, 1.82) is 0 Å². The molecule has 0 saturated carbocycles. The van der Waals surface area contributed by atoms with Crippen molar-refractivity contribution in [2.24, 2.45) is 0 Å². The normalized spacial score (nSPS) is 11.3. The molecular formula is C14H20O3. The van der Waals surface area contributed by atoms with Gasteiger partial charge >= 0.3 is 0 Å². The minimum Gasteiger partial charge on any atom is -0.494 e. The van der Waals surface area contributed by atoms with Gasteiger partial charge in [0.15, 0.2) is 5.78 Å². The van der Waals surface area contributed by atoms with E-state index in [1.54, 1.807) is 38.1 Å². The molecule has 0 aliphatic carbocycles. The second-order valence-electron chi connectivity index (χ2n) is 4.23. The Bertz CT molecular complexity index is 366. The van der Waals surface area contributed by atoms with E-state index in [0.717, 1.165) is 5.75 Å². The van der Waals surface area contributed by atoms with Crippen molar-refractivity contribution in [2.75, 3.05) is 13.2 Å². The molecule has 1 aromatic carbocycles.